The van der Waals surface area contributed by atoms with Crippen LogP contribution in [0.5, 0.6) is 0 Å². The van der Waals surface area contributed by atoms with Crippen molar-refractivity contribution in [3.05, 3.63) is 28.2 Å². The highest BCUT2D eigenvalue weighted by molar-refractivity contribution is 5.91. The second kappa shape index (κ2) is 2.44. The van der Waals surface area contributed by atoms with E-state index < -0.39 is 11.5 Å². The van der Waals surface area contributed by atoms with E-state index in [1.165, 1.54) is 12.3 Å². The largest absolute Gasteiger partial charge is 0.477 e. The van der Waals surface area contributed by atoms with Crippen molar-refractivity contribution in [2.75, 3.05) is 0 Å². The Balaban J connectivity index is 2.84. The fraction of sp³-hybridized carbons (Fsp3) is 0. The minimum Gasteiger partial charge on any atom is -0.477 e. The van der Waals surface area contributed by atoms with Gasteiger partial charge in [0.05, 0.1) is 6.20 Å². The molecule has 2 aromatic rings. The number of fused-ring (bicyclic) bond motifs is 1. The number of aromatic carboxylic acids is 1. The fourth-order valence-electron chi connectivity index (χ4n) is 1.07. The van der Waals surface area contributed by atoms with Gasteiger partial charge in [-0.3, -0.25) is 9.89 Å². The van der Waals surface area contributed by atoms with E-state index >= 15 is 0 Å². The first-order valence-electron chi connectivity index (χ1n) is 3.48. The first-order chi connectivity index (χ1) is 6.18. The molecule has 0 amide bonds. The predicted molar refractivity (Wildman–Crippen MR) is 43.7 cm³/mol. The Morgan fingerprint density at radius 3 is 3.00 bits per heavy atom. The summed E-state index contributed by atoms with van der Waals surface area (Å²) in [6, 6.07) is 1.28. The molecular weight excluding hydrogens is 174 g/mol. The number of nitrogens with one attached hydrogen (secondary N) is 2. The molecule has 3 N–H and O–H groups in total. The fourth-order valence-corrected chi connectivity index (χ4v) is 1.07. The van der Waals surface area contributed by atoms with Crippen LogP contribution in [0.3, 0.4) is 0 Å². The summed E-state index contributed by atoms with van der Waals surface area (Å²) >= 11 is 0. The van der Waals surface area contributed by atoms with Gasteiger partial charge in [0.2, 0.25) is 0 Å². The Morgan fingerprint density at radius 2 is 2.31 bits per heavy atom. The molecule has 0 aliphatic carbocycles. The van der Waals surface area contributed by atoms with Crippen LogP contribution in [0, 0.1) is 0 Å². The molecule has 13 heavy (non-hydrogen) atoms. The van der Waals surface area contributed by atoms with Crippen molar-refractivity contribution in [1.82, 2.24) is 15.2 Å². The van der Waals surface area contributed by atoms with Crippen LogP contribution in [0.4, 0.5) is 0 Å². The minimum absolute atomic E-state index is 0.283. The molecule has 0 spiro atoms. The zero-order valence-electron chi connectivity index (χ0n) is 6.37. The van der Waals surface area contributed by atoms with Gasteiger partial charge >= 0.3 is 5.97 Å². The van der Waals surface area contributed by atoms with E-state index in [-0.39, 0.29) is 5.56 Å². The van der Waals surface area contributed by atoms with E-state index in [0.29, 0.717) is 11.0 Å². The lowest BCUT2D eigenvalue weighted by molar-refractivity contribution is 0.0695. The average Bonchev–Trinajstić information content (AvgIpc) is 2.48. The van der Waals surface area contributed by atoms with Gasteiger partial charge in [-0.05, 0) is 6.07 Å². The lowest BCUT2D eigenvalue weighted by Crippen LogP contribution is -2.16. The maximum atomic E-state index is 11.1. The van der Waals surface area contributed by atoms with Crippen molar-refractivity contribution in [1.29, 1.82) is 0 Å². The van der Waals surface area contributed by atoms with Crippen molar-refractivity contribution in [3.63, 3.8) is 0 Å². The van der Waals surface area contributed by atoms with Gasteiger partial charge in [0.15, 0.2) is 0 Å². The van der Waals surface area contributed by atoms with Crippen LogP contribution < -0.4 is 5.56 Å². The molecule has 2 rings (SSSR count). The molecular formula is C7H5N3O3. The molecule has 2 heterocycles. The quantitative estimate of drug-likeness (QED) is 0.571. The number of hydrogen-bond acceptors (Lipinski definition) is 3. The number of carbonyl (C=O) groups is 1. The monoisotopic (exact) mass is 179 g/mol. The van der Waals surface area contributed by atoms with Crippen molar-refractivity contribution < 1.29 is 9.90 Å². The molecule has 0 aliphatic heterocycles. The van der Waals surface area contributed by atoms with Crippen LogP contribution in [0.2, 0.25) is 0 Å². The summed E-state index contributed by atoms with van der Waals surface area (Å²) in [6.45, 7) is 0. The van der Waals surface area contributed by atoms with Crippen molar-refractivity contribution in [3.8, 4) is 0 Å². The summed E-state index contributed by atoms with van der Waals surface area (Å²) in [7, 11) is 0. The molecule has 0 aliphatic rings. The van der Waals surface area contributed by atoms with E-state index in [4.69, 9.17) is 5.11 Å². The van der Waals surface area contributed by atoms with Crippen LogP contribution in [0.25, 0.3) is 11.0 Å². The van der Waals surface area contributed by atoms with E-state index in [9.17, 15) is 9.59 Å². The Hall–Kier alpha value is -2.11. The van der Waals surface area contributed by atoms with Gasteiger partial charge in [-0.2, -0.15) is 5.10 Å². The molecule has 0 atom stereocenters. The number of pyridine rings is 1. The molecule has 6 nitrogen and oxygen atoms in total. The summed E-state index contributed by atoms with van der Waals surface area (Å²) < 4.78 is 0. The number of nitrogens with zero attached hydrogens (tertiary/aromatic N) is 1. The van der Waals surface area contributed by atoms with E-state index in [2.05, 4.69) is 15.2 Å². The van der Waals surface area contributed by atoms with Crippen LogP contribution in [-0.2, 0) is 0 Å². The summed E-state index contributed by atoms with van der Waals surface area (Å²) in [6.07, 6.45) is 1.44. The first-order valence-corrected chi connectivity index (χ1v) is 3.48. The number of rotatable bonds is 1. The summed E-state index contributed by atoms with van der Waals surface area (Å²) in [4.78, 5) is 24.0. The van der Waals surface area contributed by atoms with Crippen LogP contribution in [0.15, 0.2) is 17.1 Å². The Bertz CT molecular complexity index is 525. The van der Waals surface area contributed by atoms with Crippen LogP contribution in [-0.4, -0.2) is 26.3 Å². The van der Waals surface area contributed by atoms with Crippen molar-refractivity contribution in [2.45, 2.75) is 0 Å². The molecule has 0 aromatic carbocycles. The lowest BCUT2D eigenvalue weighted by Gasteiger charge is -1.92. The SMILES string of the molecule is O=C(O)c1cc2cn[nH]c2[nH]c1=O. The van der Waals surface area contributed by atoms with Gasteiger partial charge in [0.25, 0.3) is 5.56 Å². The van der Waals surface area contributed by atoms with E-state index in [1.54, 1.807) is 0 Å². The topological polar surface area (TPSA) is 98.8 Å². The molecule has 0 radical (unpaired) electrons. The number of H-pyrrole nitrogens is 2. The molecule has 0 unspecified atom stereocenters. The maximum Gasteiger partial charge on any atom is 0.341 e. The Morgan fingerprint density at radius 1 is 1.54 bits per heavy atom. The summed E-state index contributed by atoms with van der Waals surface area (Å²) in [5.74, 6) is -1.25. The van der Waals surface area contributed by atoms with Crippen molar-refractivity contribution >= 4 is 17.0 Å². The molecule has 0 saturated carbocycles. The Kier molecular flexibility index (Phi) is 1.42. The third-order valence-corrected chi connectivity index (χ3v) is 1.68. The first kappa shape index (κ1) is 7.53. The minimum atomic E-state index is -1.25. The number of aromatic amines is 2. The molecule has 0 fully saturated rings. The van der Waals surface area contributed by atoms with Gasteiger partial charge in [0.1, 0.15) is 11.2 Å². The summed E-state index contributed by atoms with van der Waals surface area (Å²) in [5, 5.41) is 15.4. The van der Waals surface area contributed by atoms with E-state index in [0.717, 1.165) is 0 Å². The number of hydrogen-bond donors (Lipinski definition) is 3. The standard InChI is InChI=1S/C7H5N3O3/c11-6-4(7(12)13)1-3-2-8-10-5(3)9-6/h1-2H,(H,12,13)(H2,8,9,10,11). The normalized spacial score (nSPS) is 10.5. The molecule has 6 heteroatoms. The van der Waals surface area contributed by atoms with Gasteiger partial charge in [-0.1, -0.05) is 0 Å². The van der Waals surface area contributed by atoms with Crippen LogP contribution >= 0.6 is 0 Å². The Labute approximate surface area is 71.2 Å². The predicted octanol–water partition coefficient (Wildman–Crippen LogP) is -0.0506. The van der Waals surface area contributed by atoms with Crippen molar-refractivity contribution in [2.24, 2.45) is 0 Å². The lowest BCUT2D eigenvalue weighted by atomic mass is 10.2. The number of aromatic nitrogens is 3. The molecule has 2 aromatic heterocycles. The van der Waals surface area contributed by atoms with Gasteiger partial charge in [-0.15, -0.1) is 0 Å². The zero-order valence-corrected chi connectivity index (χ0v) is 6.37. The highest BCUT2D eigenvalue weighted by Crippen LogP contribution is 2.05. The smallest absolute Gasteiger partial charge is 0.341 e. The summed E-state index contributed by atoms with van der Waals surface area (Å²) in [5.41, 5.74) is -0.492. The number of carboxylic acids is 1. The van der Waals surface area contributed by atoms with Gasteiger partial charge in [-0.25, -0.2) is 4.79 Å². The van der Waals surface area contributed by atoms with Gasteiger partial charge in [0, 0.05) is 5.39 Å². The molecule has 66 valence electrons. The number of carboxylic acid groups (broad SMARTS) is 1. The highest BCUT2D eigenvalue weighted by atomic mass is 16.4. The average molecular weight is 179 g/mol. The maximum absolute atomic E-state index is 11.1. The molecule has 0 saturated heterocycles. The third kappa shape index (κ3) is 1.08. The van der Waals surface area contributed by atoms with E-state index in [1.807, 2.05) is 0 Å². The highest BCUT2D eigenvalue weighted by Gasteiger charge is 2.09. The second-order valence-corrected chi connectivity index (χ2v) is 2.52. The third-order valence-electron chi connectivity index (χ3n) is 1.68. The zero-order chi connectivity index (χ0) is 9.42. The van der Waals surface area contributed by atoms with Gasteiger partial charge < -0.3 is 10.1 Å². The molecule has 0 bridgehead atoms. The van der Waals surface area contributed by atoms with Crippen LogP contribution in [0.1, 0.15) is 10.4 Å². The second-order valence-electron chi connectivity index (χ2n) is 2.52.